The summed E-state index contributed by atoms with van der Waals surface area (Å²) >= 11 is 0. The number of rotatable bonds is 8. The van der Waals surface area contributed by atoms with Crippen molar-refractivity contribution < 1.29 is 38.1 Å². The summed E-state index contributed by atoms with van der Waals surface area (Å²) in [6, 6.07) is 0. The number of esters is 3. The molecule has 0 bridgehead atoms. The molecule has 2 aliphatic heterocycles. The van der Waals surface area contributed by atoms with Crippen LogP contribution in [0.4, 0.5) is 0 Å². The van der Waals surface area contributed by atoms with Gasteiger partial charge in [-0.15, -0.1) is 0 Å². The predicted molar refractivity (Wildman–Crippen MR) is 98.5 cm³/mol. The molecule has 29 heavy (non-hydrogen) atoms. The van der Waals surface area contributed by atoms with Crippen molar-refractivity contribution in [1.29, 1.82) is 0 Å². The fourth-order valence-electron chi connectivity index (χ4n) is 3.09. The van der Waals surface area contributed by atoms with E-state index in [-0.39, 0.29) is 25.4 Å². The molecule has 160 valence electrons. The number of nitrogens with two attached hydrogens (primary N) is 1. The van der Waals surface area contributed by atoms with Gasteiger partial charge in [0.2, 0.25) is 5.91 Å². The third kappa shape index (κ3) is 6.05. The van der Waals surface area contributed by atoms with Crippen LogP contribution in [0, 0.1) is 5.92 Å². The number of hydrogen-bond donors (Lipinski definition) is 1. The lowest BCUT2D eigenvalue weighted by molar-refractivity contribution is -0.156. The maximum Gasteiger partial charge on any atom is 0.306 e. The number of hydrogen-bond acceptors (Lipinski definition) is 9. The maximum atomic E-state index is 11.8. The van der Waals surface area contributed by atoms with Crippen LogP contribution in [-0.4, -0.2) is 60.9 Å². The van der Waals surface area contributed by atoms with Crippen LogP contribution in [0.5, 0.6) is 0 Å². The Labute approximate surface area is 168 Å². The number of methoxy groups -OCH3 is 1. The fraction of sp³-hybridized carbons (Fsp3) is 0.579. The summed E-state index contributed by atoms with van der Waals surface area (Å²) in [7, 11) is 1.24. The minimum absolute atomic E-state index is 0.0701. The van der Waals surface area contributed by atoms with E-state index in [1.165, 1.54) is 14.0 Å². The minimum atomic E-state index is -0.710. The first-order valence-electron chi connectivity index (χ1n) is 9.22. The Bertz CT molecular complexity index is 717. The molecule has 10 heteroatoms. The molecular weight excluding hydrogens is 384 g/mol. The lowest BCUT2D eigenvalue weighted by Gasteiger charge is -2.30. The van der Waals surface area contributed by atoms with Crippen molar-refractivity contribution in [2.75, 3.05) is 13.7 Å². The van der Waals surface area contributed by atoms with Crippen molar-refractivity contribution in [3.05, 3.63) is 24.0 Å². The molecule has 0 aromatic rings. The second-order valence-corrected chi connectivity index (χ2v) is 6.81. The summed E-state index contributed by atoms with van der Waals surface area (Å²) in [6.07, 6.45) is 3.32. The largest absolute Gasteiger partial charge is 0.469 e. The number of amides is 1. The van der Waals surface area contributed by atoms with E-state index in [9.17, 15) is 19.2 Å². The number of nitrogens with zero attached hydrogens (tertiary/aromatic N) is 1. The third-order valence-electron chi connectivity index (χ3n) is 4.70. The van der Waals surface area contributed by atoms with Gasteiger partial charge < -0.3 is 29.6 Å². The molecule has 0 saturated carbocycles. The second-order valence-electron chi connectivity index (χ2n) is 6.81. The first-order chi connectivity index (χ1) is 13.7. The van der Waals surface area contributed by atoms with E-state index in [0.717, 1.165) is 0 Å². The Morgan fingerprint density at radius 3 is 2.55 bits per heavy atom. The van der Waals surface area contributed by atoms with Gasteiger partial charge in [-0.2, -0.15) is 0 Å². The van der Waals surface area contributed by atoms with E-state index in [2.05, 4.69) is 4.74 Å². The van der Waals surface area contributed by atoms with Crippen molar-refractivity contribution in [3.8, 4) is 0 Å². The zero-order valence-corrected chi connectivity index (χ0v) is 16.7. The van der Waals surface area contributed by atoms with E-state index in [4.69, 9.17) is 19.9 Å². The molecule has 10 nitrogen and oxygen atoms in total. The number of ether oxygens (including phenoxy) is 4. The first kappa shape index (κ1) is 22.4. The summed E-state index contributed by atoms with van der Waals surface area (Å²) in [5, 5.41) is 0. The Balaban J connectivity index is 2.04. The summed E-state index contributed by atoms with van der Waals surface area (Å²) in [4.78, 5) is 47.6. The van der Waals surface area contributed by atoms with Crippen LogP contribution < -0.4 is 5.73 Å². The van der Waals surface area contributed by atoms with Gasteiger partial charge in [-0.05, 0) is 6.42 Å². The van der Waals surface area contributed by atoms with Crippen molar-refractivity contribution in [2.45, 2.75) is 51.5 Å². The van der Waals surface area contributed by atoms with Gasteiger partial charge in [0.15, 0.2) is 12.3 Å². The number of allylic oxidation sites excluding steroid dienone is 1. The highest BCUT2D eigenvalue weighted by Gasteiger charge is 2.47. The highest BCUT2D eigenvalue weighted by molar-refractivity contribution is 5.92. The number of primary amides is 1. The molecule has 2 N–H and O–H groups in total. The average molecular weight is 410 g/mol. The predicted octanol–water partition coefficient (Wildman–Crippen LogP) is 0.364. The van der Waals surface area contributed by atoms with Crippen molar-refractivity contribution >= 4 is 23.8 Å². The molecule has 1 saturated heterocycles. The smallest absolute Gasteiger partial charge is 0.306 e. The molecule has 2 heterocycles. The summed E-state index contributed by atoms with van der Waals surface area (Å²) in [5.74, 6) is -2.39. The van der Waals surface area contributed by atoms with Crippen LogP contribution in [0.25, 0.3) is 0 Å². The van der Waals surface area contributed by atoms with Crippen LogP contribution in [0.1, 0.15) is 33.1 Å². The third-order valence-corrected chi connectivity index (χ3v) is 4.70. The van der Waals surface area contributed by atoms with Crippen molar-refractivity contribution in [2.24, 2.45) is 11.7 Å². The molecule has 0 aliphatic carbocycles. The Morgan fingerprint density at radius 2 is 1.93 bits per heavy atom. The van der Waals surface area contributed by atoms with Gasteiger partial charge in [0.1, 0.15) is 12.7 Å². The zero-order valence-electron chi connectivity index (χ0n) is 16.7. The van der Waals surface area contributed by atoms with Crippen LogP contribution >= 0.6 is 0 Å². The molecule has 2 rings (SSSR count). The molecule has 0 spiro atoms. The zero-order chi connectivity index (χ0) is 21.6. The van der Waals surface area contributed by atoms with Crippen LogP contribution in [-0.2, 0) is 38.1 Å². The molecule has 2 aliphatic rings. The van der Waals surface area contributed by atoms with E-state index >= 15 is 0 Å². The summed E-state index contributed by atoms with van der Waals surface area (Å²) < 4.78 is 21.1. The van der Waals surface area contributed by atoms with Crippen LogP contribution in [0.2, 0.25) is 0 Å². The van der Waals surface area contributed by atoms with Crippen LogP contribution in [0.15, 0.2) is 24.0 Å². The molecule has 0 aromatic carbocycles. The molecule has 1 amide bonds. The van der Waals surface area contributed by atoms with Crippen LogP contribution in [0.3, 0.4) is 0 Å². The fourth-order valence-corrected chi connectivity index (χ4v) is 3.09. The van der Waals surface area contributed by atoms with Gasteiger partial charge in [0.05, 0.1) is 20.0 Å². The maximum absolute atomic E-state index is 11.8. The van der Waals surface area contributed by atoms with Gasteiger partial charge in [-0.25, -0.2) is 0 Å². The quantitative estimate of drug-likeness (QED) is 0.444. The van der Waals surface area contributed by atoms with E-state index in [0.29, 0.717) is 12.0 Å². The standard InChI is InChI=1S/C19H26N2O8/c1-11-14(10-27-16(24)7-6-15(23)26-3)29-19(17(11)28-12(2)22)21-8-4-5-13(9-21)18(20)25/h4,8-9,11,14,17,19H,5-7,10H2,1-3H3,(H2,20,25)/t11-,14-,17?,19-/m1/s1. The molecular formula is C19H26N2O8. The topological polar surface area (TPSA) is 134 Å². The molecule has 0 aromatic heterocycles. The SMILES string of the molecule is COC(=O)CCC(=O)OC[C@H]1O[C@@H](N2C=CCC(C(N)=O)=C2)C(OC(C)=O)[C@@H]1C. The second kappa shape index (κ2) is 10.1. The van der Waals surface area contributed by atoms with Gasteiger partial charge >= 0.3 is 17.9 Å². The minimum Gasteiger partial charge on any atom is -0.469 e. The average Bonchev–Trinajstić information content (AvgIpc) is 2.99. The molecule has 4 atom stereocenters. The van der Waals surface area contributed by atoms with Crippen molar-refractivity contribution in [3.63, 3.8) is 0 Å². The van der Waals surface area contributed by atoms with E-state index < -0.39 is 42.3 Å². The Hall–Kier alpha value is -2.88. The van der Waals surface area contributed by atoms with Crippen molar-refractivity contribution in [1.82, 2.24) is 4.90 Å². The monoisotopic (exact) mass is 410 g/mol. The van der Waals surface area contributed by atoms with E-state index in [1.807, 2.05) is 6.92 Å². The highest BCUT2D eigenvalue weighted by Crippen LogP contribution is 2.33. The van der Waals surface area contributed by atoms with Gasteiger partial charge in [-0.3, -0.25) is 19.2 Å². The Kier molecular flexibility index (Phi) is 7.77. The number of carbonyl (C=O) groups is 4. The molecule has 1 fully saturated rings. The molecule has 0 radical (unpaired) electrons. The Morgan fingerprint density at radius 1 is 1.24 bits per heavy atom. The lowest BCUT2D eigenvalue weighted by Crippen LogP contribution is -2.40. The van der Waals surface area contributed by atoms with Gasteiger partial charge in [0, 0.05) is 30.8 Å². The van der Waals surface area contributed by atoms with E-state index in [1.54, 1.807) is 23.4 Å². The summed E-state index contributed by atoms with van der Waals surface area (Å²) in [5.41, 5.74) is 5.75. The van der Waals surface area contributed by atoms with Gasteiger partial charge in [0.25, 0.3) is 0 Å². The highest BCUT2D eigenvalue weighted by atomic mass is 16.6. The normalized spacial score (nSPS) is 25.9. The number of carbonyl (C=O) groups excluding carboxylic acids is 4. The van der Waals surface area contributed by atoms with Gasteiger partial charge in [-0.1, -0.05) is 13.0 Å². The lowest BCUT2D eigenvalue weighted by atomic mass is 10.00. The summed E-state index contributed by atoms with van der Waals surface area (Å²) in [6.45, 7) is 3.03. The molecule has 1 unspecified atom stereocenters. The first-order valence-corrected chi connectivity index (χ1v) is 9.22.